The SMILES string of the molecule is CCCCCC1(C)C(=O)N(CCCC)c2ccc(S(=O)(=O)OCC(C)(C)C)cc21. The van der Waals surface area contributed by atoms with Gasteiger partial charge in [-0.3, -0.25) is 8.98 Å². The van der Waals surface area contributed by atoms with Crippen molar-refractivity contribution in [3.8, 4) is 0 Å². The van der Waals surface area contributed by atoms with Crippen LogP contribution >= 0.6 is 0 Å². The molecule has 0 radical (unpaired) electrons. The van der Waals surface area contributed by atoms with Gasteiger partial charge in [0.2, 0.25) is 5.91 Å². The lowest BCUT2D eigenvalue weighted by Gasteiger charge is -2.24. The van der Waals surface area contributed by atoms with Crippen LogP contribution in [0.15, 0.2) is 23.1 Å². The Hall–Kier alpha value is -1.40. The summed E-state index contributed by atoms with van der Waals surface area (Å²) in [7, 11) is -3.87. The van der Waals surface area contributed by atoms with Gasteiger partial charge in [0.25, 0.3) is 10.1 Å². The molecule has 164 valence electrons. The van der Waals surface area contributed by atoms with E-state index in [9.17, 15) is 13.2 Å². The van der Waals surface area contributed by atoms with Gasteiger partial charge in [0.05, 0.1) is 16.9 Å². The lowest BCUT2D eigenvalue weighted by molar-refractivity contribution is -0.122. The number of nitrogens with zero attached hydrogens (tertiary/aromatic N) is 1. The zero-order chi connectivity index (χ0) is 21.9. The number of unbranched alkanes of at least 4 members (excludes halogenated alkanes) is 3. The third kappa shape index (κ3) is 5.40. The van der Waals surface area contributed by atoms with Gasteiger partial charge in [-0.25, -0.2) is 0 Å². The second-order valence-electron chi connectivity index (χ2n) is 9.56. The number of hydrogen-bond donors (Lipinski definition) is 0. The van der Waals surface area contributed by atoms with Gasteiger partial charge < -0.3 is 4.90 Å². The second-order valence-corrected chi connectivity index (χ2v) is 11.2. The van der Waals surface area contributed by atoms with E-state index in [1.165, 1.54) is 0 Å². The summed E-state index contributed by atoms with van der Waals surface area (Å²) in [5, 5.41) is 0. The van der Waals surface area contributed by atoms with Crippen LogP contribution in [-0.4, -0.2) is 27.5 Å². The molecule has 0 spiro atoms. The highest BCUT2D eigenvalue weighted by Crippen LogP contribution is 2.46. The van der Waals surface area contributed by atoms with Crippen molar-refractivity contribution < 1.29 is 17.4 Å². The number of carbonyl (C=O) groups is 1. The summed E-state index contributed by atoms with van der Waals surface area (Å²) in [6, 6.07) is 5.02. The average molecular weight is 424 g/mol. The van der Waals surface area contributed by atoms with Gasteiger partial charge in [-0.15, -0.1) is 0 Å². The lowest BCUT2D eigenvalue weighted by atomic mass is 9.79. The number of rotatable bonds is 10. The summed E-state index contributed by atoms with van der Waals surface area (Å²) < 4.78 is 30.8. The molecule has 0 fully saturated rings. The Morgan fingerprint density at radius 2 is 1.72 bits per heavy atom. The van der Waals surface area contributed by atoms with Gasteiger partial charge in [0.1, 0.15) is 0 Å². The Bertz CT molecular complexity index is 826. The lowest BCUT2D eigenvalue weighted by Crippen LogP contribution is -2.38. The molecule has 1 unspecified atom stereocenters. The zero-order valence-electron chi connectivity index (χ0n) is 18.9. The largest absolute Gasteiger partial charge is 0.311 e. The Morgan fingerprint density at radius 1 is 1.07 bits per heavy atom. The van der Waals surface area contributed by atoms with Crippen LogP contribution in [0.5, 0.6) is 0 Å². The first-order chi connectivity index (χ1) is 13.5. The van der Waals surface area contributed by atoms with Crippen LogP contribution in [-0.2, 0) is 24.5 Å². The molecule has 0 bridgehead atoms. The Labute approximate surface area is 176 Å². The maximum absolute atomic E-state index is 13.3. The summed E-state index contributed by atoms with van der Waals surface area (Å²) >= 11 is 0. The molecule has 1 atom stereocenters. The van der Waals surface area contributed by atoms with Crippen molar-refractivity contribution in [1.82, 2.24) is 0 Å². The Morgan fingerprint density at radius 3 is 2.31 bits per heavy atom. The van der Waals surface area contributed by atoms with Crippen molar-refractivity contribution in [2.24, 2.45) is 5.41 Å². The molecule has 0 N–H and O–H groups in total. The molecule has 29 heavy (non-hydrogen) atoms. The fourth-order valence-electron chi connectivity index (χ4n) is 3.70. The van der Waals surface area contributed by atoms with Crippen LogP contribution in [0.4, 0.5) is 5.69 Å². The second kappa shape index (κ2) is 9.17. The standard InChI is InChI=1S/C23H37NO4S/c1-7-9-11-14-23(6)19-16-18(29(26,27)28-17-22(3,4)5)12-13-20(19)24(21(23)25)15-10-8-2/h12-13,16H,7-11,14-15,17H2,1-6H3. The van der Waals surface area contributed by atoms with Gasteiger partial charge >= 0.3 is 0 Å². The molecule has 0 saturated heterocycles. The van der Waals surface area contributed by atoms with E-state index >= 15 is 0 Å². The fourth-order valence-corrected chi connectivity index (χ4v) is 4.84. The molecule has 6 heteroatoms. The maximum atomic E-state index is 13.3. The minimum Gasteiger partial charge on any atom is -0.311 e. The first kappa shape index (κ1) is 23.9. The molecule has 1 aliphatic heterocycles. The van der Waals surface area contributed by atoms with Gasteiger partial charge in [-0.1, -0.05) is 60.3 Å². The van der Waals surface area contributed by atoms with Crippen LogP contribution in [0.25, 0.3) is 0 Å². The van der Waals surface area contributed by atoms with E-state index in [4.69, 9.17) is 4.18 Å². The van der Waals surface area contributed by atoms with E-state index in [-0.39, 0.29) is 22.8 Å². The van der Waals surface area contributed by atoms with Crippen molar-refractivity contribution >= 4 is 21.7 Å². The highest BCUT2D eigenvalue weighted by molar-refractivity contribution is 7.86. The highest BCUT2D eigenvalue weighted by Gasteiger charge is 2.47. The molecular weight excluding hydrogens is 386 g/mol. The van der Waals surface area contributed by atoms with Crippen molar-refractivity contribution in [3.63, 3.8) is 0 Å². The smallest absolute Gasteiger partial charge is 0.297 e. The van der Waals surface area contributed by atoms with Crippen LogP contribution in [0, 0.1) is 5.41 Å². The van der Waals surface area contributed by atoms with E-state index < -0.39 is 15.5 Å². The number of fused-ring (bicyclic) bond motifs is 1. The maximum Gasteiger partial charge on any atom is 0.297 e. The number of amides is 1. The van der Waals surface area contributed by atoms with Gasteiger partial charge in [0, 0.05) is 12.2 Å². The molecular formula is C23H37NO4S. The first-order valence-corrected chi connectivity index (χ1v) is 12.2. The van der Waals surface area contributed by atoms with E-state index in [0.29, 0.717) is 6.54 Å². The molecule has 1 amide bonds. The van der Waals surface area contributed by atoms with Crippen molar-refractivity contribution in [2.75, 3.05) is 18.1 Å². The quantitative estimate of drug-likeness (QED) is 0.372. The third-order valence-corrected chi connectivity index (χ3v) is 6.78. The zero-order valence-corrected chi connectivity index (χ0v) is 19.7. The summed E-state index contributed by atoms with van der Waals surface area (Å²) in [4.78, 5) is 15.3. The normalized spacial score (nSPS) is 19.7. The summed E-state index contributed by atoms with van der Waals surface area (Å²) in [5.74, 6) is 0.0854. The van der Waals surface area contributed by atoms with Crippen LogP contribution in [0.3, 0.4) is 0 Å². The molecule has 0 aromatic heterocycles. The minimum atomic E-state index is -3.87. The topological polar surface area (TPSA) is 63.7 Å². The molecule has 1 heterocycles. The van der Waals surface area contributed by atoms with E-state index in [1.807, 2.05) is 32.6 Å². The van der Waals surface area contributed by atoms with E-state index in [2.05, 4.69) is 13.8 Å². The number of hydrogen-bond acceptors (Lipinski definition) is 4. The van der Waals surface area contributed by atoms with Crippen molar-refractivity contribution in [3.05, 3.63) is 23.8 Å². The average Bonchev–Trinajstić information content (AvgIpc) is 2.85. The molecule has 1 aromatic carbocycles. The molecule has 1 aromatic rings. The number of carbonyl (C=O) groups excluding carboxylic acids is 1. The highest BCUT2D eigenvalue weighted by atomic mass is 32.2. The Balaban J connectivity index is 2.44. The minimum absolute atomic E-state index is 0.0854. The summed E-state index contributed by atoms with van der Waals surface area (Å²) in [5.41, 5.74) is 0.714. The first-order valence-electron chi connectivity index (χ1n) is 10.8. The predicted octanol–water partition coefficient (Wildman–Crippen LogP) is 5.42. The Kier molecular flexibility index (Phi) is 7.55. The molecule has 2 rings (SSSR count). The van der Waals surface area contributed by atoms with Crippen LogP contribution < -0.4 is 4.90 Å². The van der Waals surface area contributed by atoms with Crippen molar-refractivity contribution in [2.45, 2.75) is 90.4 Å². The van der Waals surface area contributed by atoms with Gasteiger partial charge in [-0.2, -0.15) is 8.42 Å². The predicted molar refractivity (Wildman–Crippen MR) is 118 cm³/mol. The molecule has 5 nitrogen and oxygen atoms in total. The van der Waals surface area contributed by atoms with E-state index in [1.54, 1.807) is 18.2 Å². The summed E-state index contributed by atoms with van der Waals surface area (Å²) in [6.45, 7) is 12.8. The summed E-state index contributed by atoms with van der Waals surface area (Å²) in [6.07, 6.45) is 5.72. The van der Waals surface area contributed by atoms with Crippen molar-refractivity contribution in [1.29, 1.82) is 0 Å². The molecule has 0 saturated carbocycles. The van der Waals surface area contributed by atoms with E-state index in [0.717, 1.165) is 49.8 Å². The number of benzene rings is 1. The number of anilines is 1. The van der Waals surface area contributed by atoms with Gasteiger partial charge in [-0.05, 0) is 48.9 Å². The van der Waals surface area contributed by atoms with Crippen LogP contribution in [0.1, 0.15) is 85.6 Å². The van der Waals surface area contributed by atoms with Gasteiger partial charge in [0.15, 0.2) is 0 Å². The monoisotopic (exact) mass is 423 g/mol. The molecule has 1 aliphatic rings. The third-order valence-electron chi connectivity index (χ3n) is 5.52. The molecule has 0 aliphatic carbocycles. The fraction of sp³-hybridized carbons (Fsp3) is 0.696. The van der Waals surface area contributed by atoms with Crippen LogP contribution in [0.2, 0.25) is 0 Å².